The minimum atomic E-state index is -0.212. The number of ether oxygens (including phenoxy) is 1. The molecule has 1 fully saturated rings. The monoisotopic (exact) mass is 285 g/mol. The highest BCUT2D eigenvalue weighted by Gasteiger charge is 2.37. The second kappa shape index (κ2) is 5.33. The van der Waals surface area contributed by atoms with E-state index >= 15 is 0 Å². The Hall–Kier alpha value is -2.14. The van der Waals surface area contributed by atoms with E-state index in [0.717, 1.165) is 30.2 Å². The summed E-state index contributed by atoms with van der Waals surface area (Å²) >= 11 is 0. The molecule has 0 radical (unpaired) electrons. The van der Waals surface area contributed by atoms with Crippen molar-refractivity contribution in [2.24, 2.45) is 0 Å². The second-order valence-electron chi connectivity index (χ2n) is 5.54. The fraction of sp³-hybridized carbons (Fsp3) is 0.375. The number of hydrogen-bond acceptors (Lipinski definition) is 4. The number of rotatable bonds is 4. The topological polar surface area (TPSA) is 77.2 Å². The lowest BCUT2D eigenvalue weighted by Crippen LogP contribution is -2.49. The van der Waals surface area contributed by atoms with Crippen molar-refractivity contribution in [3.05, 3.63) is 36.0 Å². The van der Waals surface area contributed by atoms with Gasteiger partial charge in [-0.25, -0.2) is 4.98 Å². The summed E-state index contributed by atoms with van der Waals surface area (Å²) in [6.07, 6.45) is 3.11. The number of amides is 1. The van der Waals surface area contributed by atoms with E-state index in [9.17, 15) is 4.79 Å². The Labute approximate surface area is 123 Å². The summed E-state index contributed by atoms with van der Waals surface area (Å²) < 4.78 is 5.49. The van der Waals surface area contributed by atoms with Crippen molar-refractivity contribution in [3.63, 3.8) is 0 Å². The summed E-state index contributed by atoms with van der Waals surface area (Å²) in [4.78, 5) is 16.6. The maximum Gasteiger partial charge on any atom is 0.270 e. The molecule has 0 spiro atoms. The van der Waals surface area contributed by atoms with Crippen molar-refractivity contribution < 1.29 is 9.53 Å². The molecule has 5 nitrogen and oxygen atoms in total. The van der Waals surface area contributed by atoms with Crippen LogP contribution >= 0.6 is 0 Å². The van der Waals surface area contributed by atoms with Gasteiger partial charge < -0.3 is 15.8 Å². The number of nitrogens with two attached hydrogens (primary N) is 1. The van der Waals surface area contributed by atoms with Crippen LogP contribution in [0, 0.1) is 0 Å². The predicted molar refractivity (Wildman–Crippen MR) is 82.1 cm³/mol. The highest BCUT2D eigenvalue weighted by molar-refractivity contribution is 5.99. The summed E-state index contributed by atoms with van der Waals surface area (Å²) in [5.41, 5.74) is 7.44. The van der Waals surface area contributed by atoms with Crippen molar-refractivity contribution in [1.82, 2.24) is 10.3 Å². The SMILES string of the molecule is COC1(CNC(=O)c2cc(N)c3ccccc3n2)CCC1. The molecule has 1 heterocycles. The molecule has 3 rings (SSSR count). The number of nitrogens with zero attached hydrogens (tertiary/aromatic N) is 1. The molecule has 1 aliphatic carbocycles. The zero-order chi connectivity index (χ0) is 14.9. The van der Waals surface area contributed by atoms with Crippen LogP contribution in [0.5, 0.6) is 0 Å². The van der Waals surface area contributed by atoms with Crippen LogP contribution in [0.2, 0.25) is 0 Å². The van der Waals surface area contributed by atoms with Crippen LogP contribution in [0.3, 0.4) is 0 Å². The fourth-order valence-corrected chi connectivity index (χ4v) is 2.67. The van der Waals surface area contributed by atoms with Crippen molar-refractivity contribution in [2.75, 3.05) is 19.4 Å². The van der Waals surface area contributed by atoms with Crippen LogP contribution in [-0.4, -0.2) is 30.1 Å². The molecule has 1 saturated carbocycles. The molecule has 1 aromatic heterocycles. The number of para-hydroxylation sites is 1. The van der Waals surface area contributed by atoms with Gasteiger partial charge in [0.05, 0.1) is 11.1 Å². The normalized spacial score (nSPS) is 16.4. The molecule has 0 aliphatic heterocycles. The third kappa shape index (κ3) is 2.56. The number of methoxy groups -OCH3 is 1. The molecule has 0 atom stereocenters. The summed E-state index contributed by atoms with van der Waals surface area (Å²) in [6, 6.07) is 9.15. The van der Waals surface area contributed by atoms with Crippen LogP contribution in [0.1, 0.15) is 29.8 Å². The summed E-state index contributed by atoms with van der Waals surface area (Å²) in [6.45, 7) is 0.511. The zero-order valence-corrected chi connectivity index (χ0v) is 12.1. The molecule has 3 N–H and O–H groups in total. The van der Waals surface area contributed by atoms with Gasteiger partial charge in [0.1, 0.15) is 5.69 Å². The third-order valence-electron chi connectivity index (χ3n) is 4.25. The quantitative estimate of drug-likeness (QED) is 0.902. The number of anilines is 1. The Morgan fingerprint density at radius 1 is 1.43 bits per heavy atom. The van der Waals surface area contributed by atoms with Gasteiger partial charge in [-0.2, -0.15) is 0 Å². The van der Waals surface area contributed by atoms with Crippen LogP contribution in [0.4, 0.5) is 5.69 Å². The molecular weight excluding hydrogens is 266 g/mol. The maximum absolute atomic E-state index is 12.3. The molecule has 21 heavy (non-hydrogen) atoms. The van der Waals surface area contributed by atoms with E-state index < -0.39 is 0 Å². The van der Waals surface area contributed by atoms with Crippen LogP contribution in [-0.2, 0) is 4.74 Å². The number of nitrogens with one attached hydrogen (secondary N) is 1. The molecule has 5 heteroatoms. The van der Waals surface area contributed by atoms with E-state index in [1.54, 1.807) is 13.2 Å². The van der Waals surface area contributed by atoms with E-state index in [1.807, 2.05) is 24.3 Å². The molecule has 2 aromatic rings. The number of benzene rings is 1. The molecule has 110 valence electrons. The average molecular weight is 285 g/mol. The standard InChI is InChI=1S/C16H19N3O2/c1-21-16(7-4-8-16)10-18-15(20)14-9-12(17)11-5-2-3-6-13(11)19-14/h2-3,5-6,9H,4,7-8,10H2,1H3,(H2,17,19)(H,18,20). The van der Waals surface area contributed by atoms with Crippen molar-refractivity contribution in [1.29, 1.82) is 0 Å². The molecule has 1 amide bonds. The Morgan fingerprint density at radius 2 is 2.19 bits per heavy atom. The molecule has 0 bridgehead atoms. The van der Waals surface area contributed by atoms with E-state index in [1.165, 1.54) is 0 Å². The lowest BCUT2D eigenvalue weighted by Gasteiger charge is -2.40. The van der Waals surface area contributed by atoms with Gasteiger partial charge in [-0.15, -0.1) is 0 Å². The van der Waals surface area contributed by atoms with E-state index in [0.29, 0.717) is 17.9 Å². The minimum Gasteiger partial charge on any atom is -0.398 e. The van der Waals surface area contributed by atoms with Gasteiger partial charge in [-0.05, 0) is 31.4 Å². The Bertz CT molecular complexity index is 675. The van der Waals surface area contributed by atoms with Gasteiger partial charge in [0.25, 0.3) is 5.91 Å². The smallest absolute Gasteiger partial charge is 0.270 e. The Morgan fingerprint density at radius 3 is 2.86 bits per heavy atom. The first-order valence-electron chi connectivity index (χ1n) is 7.12. The summed E-state index contributed by atoms with van der Waals surface area (Å²) in [5, 5.41) is 3.76. The van der Waals surface area contributed by atoms with E-state index in [-0.39, 0.29) is 11.5 Å². The molecule has 0 saturated heterocycles. The number of fused-ring (bicyclic) bond motifs is 1. The fourth-order valence-electron chi connectivity index (χ4n) is 2.67. The maximum atomic E-state index is 12.3. The van der Waals surface area contributed by atoms with Crippen LogP contribution in [0.25, 0.3) is 10.9 Å². The minimum absolute atomic E-state index is 0.196. The highest BCUT2D eigenvalue weighted by Crippen LogP contribution is 2.34. The summed E-state index contributed by atoms with van der Waals surface area (Å²) in [7, 11) is 1.69. The summed E-state index contributed by atoms with van der Waals surface area (Å²) in [5.74, 6) is -0.212. The van der Waals surface area contributed by atoms with Gasteiger partial charge in [0.2, 0.25) is 0 Å². The molecule has 1 aromatic carbocycles. The van der Waals surface area contributed by atoms with Crippen molar-refractivity contribution in [3.8, 4) is 0 Å². The number of aromatic nitrogens is 1. The zero-order valence-electron chi connectivity index (χ0n) is 12.1. The van der Waals surface area contributed by atoms with E-state index in [4.69, 9.17) is 10.5 Å². The Balaban J connectivity index is 1.78. The first kappa shape index (κ1) is 13.8. The van der Waals surface area contributed by atoms with Gasteiger partial charge in [-0.1, -0.05) is 18.2 Å². The molecule has 1 aliphatic rings. The number of nitrogen functional groups attached to an aromatic ring is 1. The first-order chi connectivity index (χ1) is 10.1. The number of carbonyl (C=O) groups is 1. The number of pyridine rings is 1. The first-order valence-corrected chi connectivity index (χ1v) is 7.12. The van der Waals surface area contributed by atoms with Crippen molar-refractivity contribution >= 4 is 22.5 Å². The van der Waals surface area contributed by atoms with Gasteiger partial charge in [-0.3, -0.25) is 4.79 Å². The largest absolute Gasteiger partial charge is 0.398 e. The van der Waals surface area contributed by atoms with Gasteiger partial charge in [0, 0.05) is 24.7 Å². The molecular formula is C16H19N3O2. The molecule has 0 unspecified atom stereocenters. The van der Waals surface area contributed by atoms with Gasteiger partial charge in [0.15, 0.2) is 0 Å². The Kier molecular flexibility index (Phi) is 3.51. The predicted octanol–water partition coefficient (Wildman–Crippen LogP) is 2.12. The van der Waals surface area contributed by atoms with Crippen LogP contribution in [0.15, 0.2) is 30.3 Å². The average Bonchev–Trinajstić information content (AvgIpc) is 2.46. The van der Waals surface area contributed by atoms with Gasteiger partial charge >= 0.3 is 0 Å². The number of hydrogen-bond donors (Lipinski definition) is 2. The highest BCUT2D eigenvalue weighted by atomic mass is 16.5. The van der Waals surface area contributed by atoms with Crippen molar-refractivity contribution in [2.45, 2.75) is 24.9 Å². The lowest BCUT2D eigenvalue weighted by molar-refractivity contribution is -0.0679. The second-order valence-corrected chi connectivity index (χ2v) is 5.54. The third-order valence-corrected chi connectivity index (χ3v) is 4.25. The van der Waals surface area contributed by atoms with E-state index in [2.05, 4.69) is 10.3 Å². The lowest BCUT2D eigenvalue weighted by atomic mass is 9.80. The number of carbonyl (C=O) groups excluding carboxylic acids is 1. The van der Waals surface area contributed by atoms with Crippen LogP contribution < -0.4 is 11.1 Å².